The quantitative estimate of drug-likeness (QED) is 0.468. The molecule has 2 N–H and O–H groups in total. The molecule has 1 aromatic heterocycles. The number of ether oxygens (including phenoxy) is 1. The van der Waals surface area contributed by atoms with Crippen LogP contribution in [0.15, 0.2) is 60.7 Å². The molecular formula is C25H26F2N2O4. The lowest BCUT2D eigenvalue weighted by Gasteiger charge is -2.36. The van der Waals surface area contributed by atoms with Crippen LogP contribution in [0.3, 0.4) is 0 Å². The van der Waals surface area contributed by atoms with Gasteiger partial charge in [-0.15, -0.1) is 0 Å². The molecule has 3 rings (SSSR count). The van der Waals surface area contributed by atoms with Crippen LogP contribution in [0.1, 0.15) is 50.4 Å². The Kier molecular flexibility index (Phi) is 6.95. The minimum Gasteiger partial charge on any atom is -0.479 e. The van der Waals surface area contributed by atoms with Gasteiger partial charge in [0.1, 0.15) is 12.3 Å². The number of nitrogens with one attached hydrogen (secondary N) is 1. The van der Waals surface area contributed by atoms with E-state index in [1.807, 2.05) is 26.8 Å². The lowest BCUT2D eigenvalue weighted by molar-refractivity contribution is -0.146. The molecule has 0 saturated carbocycles. The molecule has 0 bridgehead atoms. The molecule has 0 fully saturated rings. The van der Waals surface area contributed by atoms with Crippen LogP contribution in [0.2, 0.25) is 0 Å². The summed E-state index contributed by atoms with van der Waals surface area (Å²) in [5, 5.41) is 13.3. The summed E-state index contributed by atoms with van der Waals surface area (Å²) < 4.78 is 31.3. The summed E-state index contributed by atoms with van der Waals surface area (Å²) in [7, 11) is 0. The summed E-state index contributed by atoms with van der Waals surface area (Å²) in [6.07, 6.45) is -3.53. The Bertz CT molecular complexity index is 1150. The Labute approximate surface area is 190 Å². The summed E-state index contributed by atoms with van der Waals surface area (Å²) in [6, 6.07) is 16.2. The van der Waals surface area contributed by atoms with Crippen LogP contribution in [0.4, 0.5) is 13.6 Å². The fourth-order valence-electron chi connectivity index (χ4n) is 3.73. The Morgan fingerprint density at radius 3 is 2.36 bits per heavy atom. The van der Waals surface area contributed by atoms with Crippen LogP contribution in [0, 0.1) is 5.41 Å². The zero-order valence-corrected chi connectivity index (χ0v) is 18.6. The molecule has 33 heavy (non-hydrogen) atoms. The number of benzene rings is 2. The second-order valence-corrected chi connectivity index (χ2v) is 9.08. The standard InChI is InChI=1S/C25H26F2N2O4/c1-24(2,3)15-25(22(30)31,29-23(32)33-14-16-7-5-4-6-8-16)18-10-12-19-17(13-18)9-11-20(28-19)21(26)27/h4-13,21H,14-15H2,1-3H3,(H,29,32)(H,30,31). The van der Waals surface area contributed by atoms with Gasteiger partial charge in [0.05, 0.1) is 5.52 Å². The minimum absolute atomic E-state index is 0.0179. The van der Waals surface area contributed by atoms with Crippen molar-refractivity contribution in [1.29, 1.82) is 0 Å². The first-order valence-corrected chi connectivity index (χ1v) is 10.4. The van der Waals surface area contributed by atoms with E-state index in [0.29, 0.717) is 16.5 Å². The first-order chi connectivity index (χ1) is 15.5. The monoisotopic (exact) mass is 456 g/mol. The minimum atomic E-state index is -2.71. The van der Waals surface area contributed by atoms with Gasteiger partial charge in [0, 0.05) is 5.39 Å². The third kappa shape index (κ3) is 5.83. The van der Waals surface area contributed by atoms with Crippen molar-refractivity contribution in [2.75, 3.05) is 0 Å². The molecule has 174 valence electrons. The molecule has 0 spiro atoms. The van der Waals surface area contributed by atoms with Crippen molar-refractivity contribution >= 4 is 23.0 Å². The highest BCUT2D eigenvalue weighted by atomic mass is 19.3. The van der Waals surface area contributed by atoms with E-state index in [1.54, 1.807) is 30.3 Å². The summed E-state index contributed by atoms with van der Waals surface area (Å²) in [5.74, 6) is -1.26. The molecule has 1 amide bonds. The van der Waals surface area contributed by atoms with Crippen molar-refractivity contribution in [3.8, 4) is 0 Å². The number of carboxylic acids is 1. The van der Waals surface area contributed by atoms with Gasteiger partial charge in [-0.2, -0.15) is 0 Å². The number of carboxylic acid groups (broad SMARTS) is 1. The fraction of sp³-hybridized carbons (Fsp3) is 0.320. The smallest absolute Gasteiger partial charge is 0.408 e. The van der Waals surface area contributed by atoms with Crippen molar-refractivity contribution in [1.82, 2.24) is 10.3 Å². The fourth-order valence-corrected chi connectivity index (χ4v) is 3.73. The van der Waals surface area contributed by atoms with Crippen molar-refractivity contribution in [3.63, 3.8) is 0 Å². The third-order valence-corrected chi connectivity index (χ3v) is 5.12. The molecule has 0 aliphatic rings. The number of halogens is 2. The number of pyridine rings is 1. The molecule has 0 aliphatic heterocycles. The molecule has 2 aromatic carbocycles. The second-order valence-electron chi connectivity index (χ2n) is 9.08. The van der Waals surface area contributed by atoms with Crippen LogP contribution in [0.25, 0.3) is 10.9 Å². The number of rotatable bonds is 7. The number of hydrogen-bond donors (Lipinski definition) is 2. The molecule has 1 heterocycles. The molecule has 0 radical (unpaired) electrons. The molecule has 1 atom stereocenters. The van der Waals surface area contributed by atoms with Crippen molar-refractivity contribution in [3.05, 3.63) is 77.5 Å². The van der Waals surface area contributed by atoms with E-state index in [9.17, 15) is 23.5 Å². The summed E-state index contributed by atoms with van der Waals surface area (Å²) >= 11 is 0. The highest BCUT2D eigenvalue weighted by molar-refractivity contribution is 5.88. The summed E-state index contributed by atoms with van der Waals surface area (Å²) in [5.41, 5.74) is -1.30. The van der Waals surface area contributed by atoms with E-state index in [0.717, 1.165) is 5.56 Å². The molecular weight excluding hydrogens is 430 g/mol. The van der Waals surface area contributed by atoms with Crippen LogP contribution >= 0.6 is 0 Å². The van der Waals surface area contributed by atoms with Gasteiger partial charge in [-0.3, -0.25) is 0 Å². The number of alkyl carbamates (subject to hydrolysis) is 1. The van der Waals surface area contributed by atoms with Crippen LogP contribution < -0.4 is 5.32 Å². The SMILES string of the molecule is CC(C)(C)CC(NC(=O)OCc1ccccc1)(C(=O)O)c1ccc2nc(C(F)F)ccc2c1. The average molecular weight is 456 g/mol. The van der Waals surface area contributed by atoms with Crippen molar-refractivity contribution in [2.24, 2.45) is 5.41 Å². The first kappa shape index (κ1) is 24.1. The van der Waals surface area contributed by atoms with Gasteiger partial charge in [-0.05, 0) is 41.2 Å². The zero-order valence-electron chi connectivity index (χ0n) is 18.6. The number of alkyl halides is 2. The van der Waals surface area contributed by atoms with Crippen molar-refractivity contribution < 1.29 is 28.2 Å². The largest absolute Gasteiger partial charge is 0.479 e. The van der Waals surface area contributed by atoms with Gasteiger partial charge < -0.3 is 15.2 Å². The van der Waals surface area contributed by atoms with E-state index in [4.69, 9.17) is 4.74 Å². The highest BCUT2D eigenvalue weighted by Gasteiger charge is 2.45. The topological polar surface area (TPSA) is 88.5 Å². The normalized spacial score (nSPS) is 13.5. The molecule has 0 saturated heterocycles. The number of aliphatic carboxylic acids is 1. The number of amides is 1. The molecule has 8 heteroatoms. The van der Waals surface area contributed by atoms with E-state index >= 15 is 0 Å². The van der Waals surface area contributed by atoms with E-state index in [2.05, 4.69) is 10.3 Å². The van der Waals surface area contributed by atoms with Gasteiger partial charge in [-0.1, -0.05) is 63.2 Å². The molecule has 6 nitrogen and oxygen atoms in total. The van der Waals surface area contributed by atoms with Crippen molar-refractivity contribution in [2.45, 2.75) is 45.8 Å². The van der Waals surface area contributed by atoms with Crippen LogP contribution in [-0.2, 0) is 21.7 Å². The predicted octanol–water partition coefficient (Wildman–Crippen LogP) is 5.81. The van der Waals surface area contributed by atoms with Gasteiger partial charge in [0.2, 0.25) is 0 Å². The predicted molar refractivity (Wildman–Crippen MR) is 120 cm³/mol. The van der Waals surface area contributed by atoms with E-state index in [1.165, 1.54) is 24.3 Å². The van der Waals surface area contributed by atoms with Gasteiger partial charge in [-0.25, -0.2) is 23.4 Å². The highest BCUT2D eigenvalue weighted by Crippen LogP contribution is 2.37. The average Bonchev–Trinajstić information content (AvgIpc) is 2.76. The number of nitrogens with zero attached hydrogens (tertiary/aromatic N) is 1. The second kappa shape index (κ2) is 9.52. The van der Waals surface area contributed by atoms with Gasteiger partial charge in [0.15, 0.2) is 5.54 Å². The Morgan fingerprint density at radius 2 is 1.76 bits per heavy atom. The van der Waals surface area contributed by atoms with Gasteiger partial charge >= 0.3 is 12.1 Å². The molecule has 3 aromatic rings. The number of carbonyl (C=O) groups is 2. The lowest BCUT2D eigenvalue weighted by Crippen LogP contribution is -2.54. The Morgan fingerprint density at radius 1 is 1.06 bits per heavy atom. The van der Waals surface area contributed by atoms with E-state index in [-0.39, 0.29) is 18.7 Å². The zero-order chi connectivity index (χ0) is 24.2. The lowest BCUT2D eigenvalue weighted by atomic mass is 9.75. The van der Waals surface area contributed by atoms with E-state index < -0.39 is 29.4 Å². The number of hydrogen-bond acceptors (Lipinski definition) is 4. The maximum atomic E-state index is 13.0. The summed E-state index contributed by atoms with van der Waals surface area (Å²) in [6.45, 7) is 5.56. The van der Waals surface area contributed by atoms with Crippen LogP contribution in [-0.4, -0.2) is 22.2 Å². The maximum absolute atomic E-state index is 13.0. The van der Waals surface area contributed by atoms with Gasteiger partial charge in [0.25, 0.3) is 6.43 Å². The maximum Gasteiger partial charge on any atom is 0.408 e. The number of fused-ring (bicyclic) bond motifs is 1. The Hall–Kier alpha value is -3.55. The number of carbonyl (C=O) groups excluding carboxylic acids is 1. The summed E-state index contributed by atoms with van der Waals surface area (Å²) in [4.78, 5) is 29.2. The number of aromatic nitrogens is 1. The first-order valence-electron chi connectivity index (χ1n) is 10.4. The Balaban J connectivity index is 1.98. The molecule has 1 unspecified atom stereocenters. The third-order valence-electron chi connectivity index (χ3n) is 5.12. The molecule has 0 aliphatic carbocycles. The van der Waals surface area contributed by atoms with Crippen LogP contribution in [0.5, 0.6) is 0 Å².